The number of benzene rings is 1. The molecule has 2 N–H and O–H groups in total. The van der Waals surface area contributed by atoms with Gasteiger partial charge in [0.05, 0.1) is 19.8 Å². The van der Waals surface area contributed by atoms with Crippen molar-refractivity contribution in [1.29, 1.82) is 0 Å². The summed E-state index contributed by atoms with van der Waals surface area (Å²) in [4.78, 5) is 0. The van der Waals surface area contributed by atoms with Crippen molar-refractivity contribution in [2.75, 3.05) is 26.9 Å². The second-order valence-corrected chi connectivity index (χ2v) is 5.25. The summed E-state index contributed by atoms with van der Waals surface area (Å²) in [7, 11) is 1.66. The van der Waals surface area contributed by atoms with Crippen LogP contribution in [0.15, 0.2) is 22.7 Å². The molecule has 2 rings (SSSR count). The van der Waals surface area contributed by atoms with Crippen molar-refractivity contribution in [3.8, 4) is 5.75 Å². The van der Waals surface area contributed by atoms with E-state index >= 15 is 0 Å². The maximum atomic E-state index is 6.14. The molecule has 1 aromatic rings. The monoisotopic (exact) mass is 315 g/mol. The molecule has 5 heteroatoms. The third-order valence-corrected chi connectivity index (χ3v) is 3.41. The fourth-order valence-corrected chi connectivity index (χ4v) is 2.35. The molecular weight excluding hydrogens is 298 g/mol. The number of methoxy groups -OCH3 is 1. The van der Waals surface area contributed by atoms with Gasteiger partial charge in [-0.1, -0.05) is 22.0 Å². The van der Waals surface area contributed by atoms with Crippen molar-refractivity contribution in [2.24, 2.45) is 5.73 Å². The predicted octanol–water partition coefficient (Wildman–Crippen LogP) is 2.26. The molecule has 1 aromatic carbocycles. The van der Waals surface area contributed by atoms with Crippen LogP contribution in [0.1, 0.15) is 18.0 Å². The molecule has 0 amide bonds. The SMILES string of the molecule is COCCOCC1C[C@H](N)c2ccc(Br)cc2O1. The van der Waals surface area contributed by atoms with Crippen molar-refractivity contribution in [1.82, 2.24) is 0 Å². The molecule has 0 fully saturated rings. The van der Waals surface area contributed by atoms with Crippen molar-refractivity contribution in [3.63, 3.8) is 0 Å². The first-order valence-corrected chi connectivity index (χ1v) is 6.78. The Kier molecular flexibility index (Phi) is 5.00. The van der Waals surface area contributed by atoms with Gasteiger partial charge in [-0.2, -0.15) is 0 Å². The fraction of sp³-hybridized carbons (Fsp3) is 0.538. The average molecular weight is 316 g/mol. The highest BCUT2D eigenvalue weighted by Crippen LogP contribution is 2.35. The maximum absolute atomic E-state index is 6.14. The minimum Gasteiger partial charge on any atom is -0.488 e. The summed E-state index contributed by atoms with van der Waals surface area (Å²) >= 11 is 3.43. The number of rotatable bonds is 5. The average Bonchev–Trinajstić information content (AvgIpc) is 2.34. The highest BCUT2D eigenvalue weighted by molar-refractivity contribution is 9.10. The van der Waals surface area contributed by atoms with Crippen LogP contribution in [-0.4, -0.2) is 33.0 Å². The summed E-state index contributed by atoms with van der Waals surface area (Å²) in [5.74, 6) is 0.850. The summed E-state index contributed by atoms with van der Waals surface area (Å²) in [6, 6.07) is 5.96. The lowest BCUT2D eigenvalue weighted by molar-refractivity contribution is 0.0125. The van der Waals surface area contributed by atoms with Gasteiger partial charge in [-0.25, -0.2) is 0 Å². The lowest BCUT2D eigenvalue weighted by Crippen LogP contribution is -2.33. The number of hydrogen-bond acceptors (Lipinski definition) is 4. The largest absolute Gasteiger partial charge is 0.488 e. The Labute approximate surface area is 116 Å². The summed E-state index contributed by atoms with van der Waals surface area (Å²) in [6.07, 6.45) is 0.792. The number of fused-ring (bicyclic) bond motifs is 1. The van der Waals surface area contributed by atoms with Crippen molar-refractivity contribution in [2.45, 2.75) is 18.6 Å². The van der Waals surface area contributed by atoms with Crippen LogP contribution in [0.2, 0.25) is 0 Å². The van der Waals surface area contributed by atoms with Gasteiger partial charge in [-0.15, -0.1) is 0 Å². The molecule has 0 aliphatic carbocycles. The Morgan fingerprint density at radius 3 is 3.06 bits per heavy atom. The summed E-state index contributed by atoms with van der Waals surface area (Å²) in [5, 5.41) is 0. The Balaban J connectivity index is 1.94. The first-order chi connectivity index (χ1) is 8.70. The van der Waals surface area contributed by atoms with E-state index in [1.165, 1.54) is 0 Å². The number of nitrogens with two attached hydrogens (primary N) is 1. The molecule has 0 spiro atoms. The van der Waals surface area contributed by atoms with Crippen LogP contribution < -0.4 is 10.5 Å². The second-order valence-electron chi connectivity index (χ2n) is 4.33. The van der Waals surface area contributed by atoms with Crippen LogP contribution in [0.5, 0.6) is 5.75 Å². The third-order valence-electron chi connectivity index (χ3n) is 2.92. The fourth-order valence-electron chi connectivity index (χ4n) is 2.01. The van der Waals surface area contributed by atoms with Gasteiger partial charge in [-0.3, -0.25) is 0 Å². The van der Waals surface area contributed by atoms with E-state index in [4.69, 9.17) is 19.9 Å². The number of ether oxygens (including phenoxy) is 3. The molecule has 4 nitrogen and oxygen atoms in total. The van der Waals surface area contributed by atoms with Crippen molar-refractivity contribution >= 4 is 15.9 Å². The normalized spacial score (nSPS) is 22.4. The maximum Gasteiger partial charge on any atom is 0.125 e. The molecule has 1 aliphatic heterocycles. The molecule has 1 heterocycles. The zero-order chi connectivity index (χ0) is 13.0. The van der Waals surface area contributed by atoms with E-state index in [1.54, 1.807) is 7.11 Å². The van der Waals surface area contributed by atoms with E-state index in [1.807, 2.05) is 18.2 Å². The summed E-state index contributed by atoms with van der Waals surface area (Å²) in [5.41, 5.74) is 7.20. The highest BCUT2D eigenvalue weighted by atomic mass is 79.9. The van der Waals surface area contributed by atoms with Crippen molar-refractivity contribution < 1.29 is 14.2 Å². The molecule has 1 unspecified atom stereocenters. The molecule has 18 heavy (non-hydrogen) atoms. The van der Waals surface area contributed by atoms with E-state index in [2.05, 4.69) is 15.9 Å². The Bertz CT molecular complexity index is 400. The molecule has 100 valence electrons. The van der Waals surface area contributed by atoms with Gasteiger partial charge in [0.2, 0.25) is 0 Å². The van der Waals surface area contributed by atoms with Crippen LogP contribution in [-0.2, 0) is 9.47 Å². The van der Waals surface area contributed by atoms with Gasteiger partial charge >= 0.3 is 0 Å². The summed E-state index contributed by atoms with van der Waals surface area (Å²) < 4.78 is 17.3. The third kappa shape index (κ3) is 3.45. The van der Waals surface area contributed by atoms with E-state index in [9.17, 15) is 0 Å². The zero-order valence-corrected chi connectivity index (χ0v) is 12.0. The van der Waals surface area contributed by atoms with E-state index in [0.29, 0.717) is 19.8 Å². The van der Waals surface area contributed by atoms with Gasteiger partial charge in [0.25, 0.3) is 0 Å². The number of halogens is 1. The molecule has 2 atom stereocenters. The highest BCUT2D eigenvalue weighted by Gasteiger charge is 2.26. The lowest BCUT2D eigenvalue weighted by Gasteiger charge is -2.30. The van der Waals surface area contributed by atoms with Crippen LogP contribution in [0, 0.1) is 0 Å². The topological polar surface area (TPSA) is 53.7 Å². The number of hydrogen-bond donors (Lipinski definition) is 1. The van der Waals surface area contributed by atoms with E-state index in [-0.39, 0.29) is 12.1 Å². The molecular formula is C13H18BrNO3. The Hall–Kier alpha value is -0.620. The van der Waals surface area contributed by atoms with E-state index < -0.39 is 0 Å². The smallest absolute Gasteiger partial charge is 0.125 e. The van der Waals surface area contributed by atoms with Gasteiger partial charge in [0, 0.05) is 29.6 Å². The molecule has 0 aromatic heterocycles. The first kappa shape index (κ1) is 13.8. The molecule has 0 saturated carbocycles. The van der Waals surface area contributed by atoms with Crippen molar-refractivity contribution in [3.05, 3.63) is 28.2 Å². The van der Waals surface area contributed by atoms with Crippen LogP contribution in [0.4, 0.5) is 0 Å². The predicted molar refractivity (Wildman–Crippen MR) is 72.8 cm³/mol. The van der Waals surface area contributed by atoms with Gasteiger partial charge in [0.1, 0.15) is 11.9 Å². The van der Waals surface area contributed by atoms with Gasteiger partial charge < -0.3 is 19.9 Å². The zero-order valence-electron chi connectivity index (χ0n) is 10.4. The molecule has 1 aliphatic rings. The van der Waals surface area contributed by atoms with Crippen LogP contribution in [0.25, 0.3) is 0 Å². The minimum atomic E-state index is 0.0119. The summed E-state index contributed by atoms with van der Waals surface area (Å²) in [6.45, 7) is 1.72. The minimum absolute atomic E-state index is 0.0119. The Morgan fingerprint density at radius 2 is 2.28 bits per heavy atom. The Morgan fingerprint density at radius 1 is 1.44 bits per heavy atom. The molecule has 0 bridgehead atoms. The second kappa shape index (κ2) is 6.52. The lowest BCUT2D eigenvalue weighted by atomic mass is 9.98. The van der Waals surface area contributed by atoms with Gasteiger partial charge in [0.15, 0.2) is 0 Å². The van der Waals surface area contributed by atoms with Gasteiger partial charge in [-0.05, 0) is 12.1 Å². The van der Waals surface area contributed by atoms with Crippen LogP contribution >= 0.6 is 15.9 Å². The van der Waals surface area contributed by atoms with E-state index in [0.717, 1.165) is 22.2 Å². The first-order valence-electron chi connectivity index (χ1n) is 5.99. The standard InChI is InChI=1S/C13H18BrNO3/c1-16-4-5-17-8-10-7-12(15)11-3-2-9(14)6-13(11)18-10/h2-3,6,10,12H,4-5,7-8,15H2,1H3/t10?,12-/m0/s1. The quantitative estimate of drug-likeness (QED) is 0.847. The molecule has 0 saturated heterocycles. The van der Waals surface area contributed by atoms with Crippen LogP contribution in [0.3, 0.4) is 0 Å². The molecule has 0 radical (unpaired) electrons.